The van der Waals surface area contributed by atoms with E-state index in [1.54, 1.807) is 0 Å². The van der Waals surface area contributed by atoms with E-state index in [-0.39, 0.29) is 39.1 Å². The summed E-state index contributed by atoms with van der Waals surface area (Å²) in [5, 5.41) is 0.383. The van der Waals surface area contributed by atoms with Gasteiger partial charge in [-0.3, -0.25) is 14.6 Å². The number of ketones is 1. The van der Waals surface area contributed by atoms with Crippen LogP contribution in [0.3, 0.4) is 0 Å². The third-order valence-electron chi connectivity index (χ3n) is 4.80. The third kappa shape index (κ3) is 3.23. The van der Waals surface area contributed by atoms with Crippen LogP contribution in [-0.2, 0) is 9.53 Å². The van der Waals surface area contributed by atoms with Crippen molar-refractivity contribution < 1.29 is 14.3 Å². The van der Waals surface area contributed by atoms with E-state index >= 15 is 0 Å². The van der Waals surface area contributed by atoms with Crippen LogP contribution in [0.4, 0.5) is 0 Å². The number of amides is 1. The molecule has 0 saturated carbocycles. The Bertz CT molecular complexity index is 622. The molecule has 0 aromatic carbocycles. The van der Waals surface area contributed by atoms with Gasteiger partial charge in [0.1, 0.15) is 0 Å². The summed E-state index contributed by atoms with van der Waals surface area (Å²) >= 11 is 12.0. The molecule has 0 spiro atoms. The minimum Gasteiger partial charge on any atom is -0.367 e. The van der Waals surface area contributed by atoms with Gasteiger partial charge in [0.25, 0.3) is 0 Å². The molecule has 0 N–H and O–H groups in total. The molecule has 1 amide bonds. The second kappa shape index (κ2) is 6.04. The monoisotopic (exact) mass is 356 g/mol. The van der Waals surface area contributed by atoms with Gasteiger partial charge in [-0.05, 0) is 32.6 Å². The average Bonchev–Trinajstić information content (AvgIpc) is 2.99. The maximum atomic E-state index is 12.5. The Balaban J connectivity index is 1.71. The van der Waals surface area contributed by atoms with Crippen molar-refractivity contribution in [3.05, 3.63) is 28.0 Å². The molecule has 3 heterocycles. The highest BCUT2D eigenvalue weighted by molar-refractivity contribution is 6.39. The fourth-order valence-electron chi connectivity index (χ4n) is 3.59. The van der Waals surface area contributed by atoms with Crippen molar-refractivity contribution in [3.63, 3.8) is 0 Å². The Morgan fingerprint density at radius 3 is 2.39 bits per heavy atom. The smallest absolute Gasteiger partial charge is 0.210 e. The second-order valence-corrected chi connectivity index (χ2v) is 7.46. The van der Waals surface area contributed by atoms with Crippen molar-refractivity contribution in [1.82, 2.24) is 9.88 Å². The molecule has 0 atom stereocenters. The number of carbonyl (C=O) groups is 2. The quantitative estimate of drug-likeness (QED) is 0.580. The van der Waals surface area contributed by atoms with Crippen LogP contribution >= 0.6 is 23.2 Å². The van der Waals surface area contributed by atoms with Gasteiger partial charge >= 0.3 is 0 Å². The molecule has 1 aromatic rings. The summed E-state index contributed by atoms with van der Waals surface area (Å²) in [4.78, 5) is 29.2. The van der Waals surface area contributed by atoms with Gasteiger partial charge in [0.15, 0.2) is 5.78 Å². The number of pyridine rings is 1. The predicted octanol–water partition coefficient (Wildman–Crippen LogP) is 3.13. The summed E-state index contributed by atoms with van der Waals surface area (Å²) in [6, 6.07) is 0. The number of halogens is 2. The lowest BCUT2D eigenvalue weighted by molar-refractivity contribution is -0.122. The van der Waals surface area contributed by atoms with E-state index in [0.717, 1.165) is 25.7 Å². The molecule has 2 aliphatic heterocycles. The molecule has 0 aliphatic carbocycles. The van der Waals surface area contributed by atoms with Gasteiger partial charge in [0, 0.05) is 18.9 Å². The molecule has 2 fully saturated rings. The summed E-state index contributed by atoms with van der Waals surface area (Å²) in [5.41, 5.74) is -0.186. The normalized spacial score (nSPS) is 28.8. The van der Waals surface area contributed by atoms with Gasteiger partial charge in [-0.15, -0.1) is 0 Å². The van der Waals surface area contributed by atoms with Crippen molar-refractivity contribution in [1.29, 1.82) is 0 Å². The highest BCUT2D eigenvalue weighted by Gasteiger charge is 2.53. The first-order valence-electron chi connectivity index (χ1n) is 7.58. The number of aromatic nitrogens is 1. The molecule has 2 bridgehead atoms. The van der Waals surface area contributed by atoms with Gasteiger partial charge in [-0.25, -0.2) is 0 Å². The van der Waals surface area contributed by atoms with Crippen molar-refractivity contribution in [2.45, 2.75) is 43.8 Å². The summed E-state index contributed by atoms with van der Waals surface area (Å²) in [6.07, 6.45) is 7.25. The van der Waals surface area contributed by atoms with Crippen molar-refractivity contribution >= 4 is 35.4 Å². The van der Waals surface area contributed by atoms with Crippen LogP contribution in [0.15, 0.2) is 12.4 Å². The van der Waals surface area contributed by atoms with Crippen LogP contribution in [0.1, 0.15) is 43.0 Å². The lowest BCUT2D eigenvalue weighted by Crippen LogP contribution is -2.42. The maximum absolute atomic E-state index is 12.5. The van der Waals surface area contributed by atoms with Crippen LogP contribution in [0.2, 0.25) is 10.0 Å². The van der Waals surface area contributed by atoms with E-state index in [2.05, 4.69) is 11.9 Å². The molecule has 23 heavy (non-hydrogen) atoms. The number of rotatable bonds is 6. The number of fused-ring (bicyclic) bond motifs is 2. The zero-order valence-electron chi connectivity index (χ0n) is 12.8. The summed E-state index contributed by atoms with van der Waals surface area (Å²) in [5.74, 6) is -0.301. The molecule has 0 unspecified atom stereocenters. The topological polar surface area (TPSA) is 59.5 Å². The largest absolute Gasteiger partial charge is 0.367 e. The lowest BCUT2D eigenvalue weighted by Gasteiger charge is -2.30. The Kier molecular flexibility index (Phi) is 4.38. The third-order valence-corrected chi connectivity index (χ3v) is 5.37. The predicted molar refractivity (Wildman–Crippen MR) is 86.9 cm³/mol. The average molecular weight is 357 g/mol. The highest BCUT2D eigenvalue weighted by atomic mass is 35.5. The number of hydrogen-bond donors (Lipinski definition) is 0. The van der Waals surface area contributed by atoms with Crippen LogP contribution in [-0.4, -0.2) is 46.4 Å². The molecule has 124 valence electrons. The van der Waals surface area contributed by atoms with Gasteiger partial charge in [-0.1, -0.05) is 23.2 Å². The van der Waals surface area contributed by atoms with Gasteiger partial charge in [0.2, 0.25) is 6.41 Å². The Hall–Kier alpha value is -1.17. The zero-order chi connectivity index (χ0) is 16.7. The van der Waals surface area contributed by atoms with Crippen molar-refractivity contribution in [3.8, 4) is 0 Å². The van der Waals surface area contributed by atoms with E-state index in [1.807, 2.05) is 0 Å². The number of ether oxygens (including phenoxy) is 1. The van der Waals surface area contributed by atoms with Gasteiger partial charge in [0.05, 0.1) is 33.4 Å². The van der Waals surface area contributed by atoms with Crippen molar-refractivity contribution in [2.75, 3.05) is 13.1 Å². The number of nitrogens with zero attached hydrogens (tertiary/aromatic N) is 2. The van der Waals surface area contributed by atoms with Crippen LogP contribution in [0.25, 0.3) is 0 Å². The molecule has 1 aromatic heterocycles. The zero-order valence-corrected chi connectivity index (χ0v) is 14.4. The van der Waals surface area contributed by atoms with Crippen LogP contribution < -0.4 is 0 Å². The fourth-order valence-corrected chi connectivity index (χ4v) is 4.17. The van der Waals surface area contributed by atoms with E-state index in [1.165, 1.54) is 17.3 Å². The molecule has 0 radical (unpaired) electrons. The Morgan fingerprint density at radius 2 is 1.91 bits per heavy atom. The maximum Gasteiger partial charge on any atom is 0.210 e. The summed E-state index contributed by atoms with van der Waals surface area (Å²) < 4.78 is 6.14. The number of hydrogen-bond acceptors (Lipinski definition) is 4. The second-order valence-electron chi connectivity index (χ2n) is 6.65. The first-order chi connectivity index (χ1) is 10.9. The number of Topliss-reactive ketones (excluding diaryl/α,β-unsaturated/α-hetero) is 1. The lowest BCUT2D eigenvalue weighted by atomic mass is 9.83. The highest BCUT2D eigenvalue weighted by Crippen LogP contribution is 2.50. The van der Waals surface area contributed by atoms with E-state index in [0.29, 0.717) is 13.0 Å². The first-order valence-corrected chi connectivity index (χ1v) is 8.34. The van der Waals surface area contributed by atoms with Gasteiger partial charge in [-0.2, -0.15) is 0 Å². The summed E-state index contributed by atoms with van der Waals surface area (Å²) in [6.45, 7) is 2.45. The van der Waals surface area contributed by atoms with E-state index in [4.69, 9.17) is 27.9 Å². The molecule has 2 aliphatic rings. The Labute approximate surface area is 144 Å². The van der Waals surface area contributed by atoms with Crippen LogP contribution in [0, 0.1) is 0 Å². The van der Waals surface area contributed by atoms with Gasteiger partial charge < -0.3 is 9.64 Å². The van der Waals surface area contributed by atoms with Crippen LogP contribution in [0.5, 0.6) is 0 Å². The molecule has 5 nitrogen and oxygen atoms in total. The SMILES string of the molecule is CC12CCC(CN(C=O)CC(=O)c3c(Cl)cncc3Cl)(CC1)O2. The minimum absolute atomic E-state index is 0.0731. The number of carbonyl (C=O) groups excluding carboxylic acids is 2. The summed E-state index contributed by atoms with van der Waals surface area (Å²) in [7, 11) is 0. The minimum atomic E-state index is -0.318. The molecule has 2 saturated heterocycles. The first kappa shape index (κ1) is 16.7. The molecular formula is C16H18Cl2N2O3. The van der Waals surface area contributed by atoms with Crippen molar-refractivity contribution in [2.24, 2.45) is 0 Å². The molecule has 3 rings (SSSR count). The van der Waals surface area contributed by atoms with E-state index < -0.39 is 0 Å². The molecule has 7 heteroatoms. The Morgan fingerprint density at radius 1 is 1.30 bits per heavy atom. The standard InChI is InChI=1S/C16H18Cl2N2O3/c1-15-2-4-16(23-15,5-3-15)9-20(10-21)8-13(22)14-11(17)6-19-7-12(14)18/h6-7,10H,2-5,8-9H2,1H3. The fraction of sp³-hybridized carbons (Fsp3) is 0.562. The molecular weight excluding hydrogens is 339 g/mol. The van der Waals surface area contributed by atoms with E-state index in [9.17, 15) is 9.59 Å².